The average Bonchev–Trinajstić information content (AvgIpc) is 3.13. The van der Waals surface area contributed by atoms with Crippen molar-refractivity contribution >= 4 is 11.9 Å². The number of likely N-dealkylation sites (tertiary alicyclic amines) is 1. The summed E-state index contributed by atoms with van der Waals surface area (Å²) in [6.07, 6.45) is 2.36. The predicted octanol–water partition coefficient (Wildman–Crippen LogP) is 2.59. The number of para-hydroxylation sites is 1. The van der Waals surface area contributed by atoms with E-state index in [0.717, 1.165) is 17.7 Å². The van der Waals surface area contributed by atoms with Crippen LogP contribution in [0.25, 0.3) is 0 Å². The van der Waals surface area contributed by atoms with Crippen molar-refractivity contribution < 1.29 is 19.4 Å². The molecule has 0 saturated carbocycles. The Morgan fingerprint density at radius 3 is 2.73 bits per heavy atom. The van der Waals surface area contributed by atoms with Gasteiger partial charge in [-0.05, 0) is 30.2 Å². The molecule has 0 bridgehead atoms. The summed E-state index contributed by atoms with van der Waals surface area (Å²) in [4.78, 5) is 30.5. The number of hydrogen-bond acceptors (Lipinski definition) is 4. The van der Waals surface area contributed by atoms with Crippen LogP contribution < -0.4 is 4.74 Å². The number of methoxy groups -OCH3 is 1. The molecule has 1 saturated heterocycles. The zero-order valence-electron chi connectivity index (χ0n) is 14.9. The van der Waals surface area contributed by atoms with E-state index in [1.807, 2.05) is 31.2 Å². The zero-order valence-corrected chi connectivity index (χ0v) is 14.9. The number of pyridine rings is 1. The second-order valence-corrected chi connectivity index (χ2v) is 6.39. The SMILES string of the molecule is CCc1cc(C(=O)N2CC(C(=O)O)C(c3ccccc3OC)C2)ccn1. The minimum atomic E-state index is -0.903. The first-order chi connectivity index (χ1) is 12.5. The van der Waals surface area contributed by atoms with Gasteiger partial charge in [-0.3, -0.25) is 14.6 Å². The molecule has 3 rings (SSSR count). The number of carboxylic acids is 1. The van der Waals surface area contributed by atoms with Gasteiger partial charge in [-0.25, -0.2) is 0 Å². The maximum absolute atomic E-state index is 12.9. The standard InChI is InChI=1S/C20H22N2O4/c1-3-14-10-13(8-9-21-14)19(23)22-11-16(17(12-22)20(24)25)15-6-4-5-7-18(15)26-2/h4-10,16-17H,3,11-12H2,1-2H3,(H,24,25). The van der Waals surface area contributed by atoms with Crippen LogP contribution in [-0.4, -0.2) is 47.1 Å². The molecule has 2 unspecified atom stereocenters. The van der Waals surface area contributed by atoms with Crippen molar-refractivity contribution in [2.45, 2.75) is 19.3 Å². The molecule has 1 amide bonds. The van der Waals surface area contributed by atoms with Crippen LogP contribution >= 0.6 is 0 Å². The molecule has 1 aromatic heterocycles. The van der Waals surface area contributed by atoms with Crippen LogP contribution in [0.1, 0.15) is 34.5 Å². The van der Waals surface area contributed by atoms with Crippen LogP contribution in [0.3, 0.4) is 0 Å². The summed E-state index contributed by atoms with van der Waals surface area (Å²) in [6.45, 7) is 2.51. The number of carbonyl (C=O) groups is 2. The number of aryl methyl sites for hydroxylation is 1. The first-order valence-electron chi connectivity index (χ1n) is 8.65. The molecule has 2 aromatic rings. The van der Waals surface area contributed by atoms with E-state index in [9.17, 15) is 14.7 Å². The lowest BCUT2D eigenvalue weighted by Crippen LogP contribution is -2.30. The minimum absolute atomic E-state index is 0.161. The summed E-state index contributed by atoms with van der Waals surface area (Å²) in [5.74, 6) is -1.39. The third-order valence-corrected chi connectivity index (χ3v) is 4.89. The Morgan fingerprint density at radius 1 is 1.27 bits per heavy atom. The third-order valence-electron chi connectivity index (χ3n) is 4.89. The molecule has 6 nitrogen and oxygen atoms in total. The first-order valence-corrected chi connectivity index (χ1v) is 8.65. The normalized spacial score (nSPS) is 19.4. The summed E-state index contributed by atoms with van der Waals surface area (Å²) in [5.41, 5.74) is 2.20. The van der Waals surface area contributed by atoms with Gasteiger partial charge in [0.2, 0.25) is 0 Å². The first kappa shape index (κ1) is 17.9. The van der Waals surface area contributed by atoms with Crippen molar-refractivity contribution in [3.05, 3.63) is 59.4 Å². The number of carboxylic acid groups (broad SMARTS) is 1. The van der Waals surface area contributed by atoms with Crippen molar-refractivity contribution in [1.82, 2.24) is 9.88 Å². The molecule has 136 valence electrons. The second kappa shape index (κ2) is 7.56. The Bertz CT molecular complexity index is 821. The smallest absolute Gasteiger partial charge is 0.308 e. The van der Waals surface area contributed by atoms with Crippen molar-refractivity contribution in [3.63, 3.8) is 0 Å². The van der Waals surface area contributed by atoms with Gasteiger partial charge in [0.1, 0.15) is 5.75 Å². The van der Waals surface area contributed by atoms with Crippen molar-refractivity contribution in [2.75, 3.05) is 20.2 Å². The fourth-order valence-corrected chi connectivity index (χ4v) is 3.49. The highest BCUT2D eigenvalue weighted by Crippen LogP contribution is 2.38. The van der Waals surface area contributed by atoms with Crippen LogP contribution in [0.2, 0.25) is 0 Å². The van der Waals surface area contributed by atoms with E-state index < -0.39 is 11.9 Å². The maximum atomic E-state index is 12.9. The Hall–Kier alpha value is -2.89. The zero-order chi connectivity index (χ0) is 18.7. The van der Waals surface area contributed by atoms with Crippen molar-refractivity contribution in [1.29, 1.82) is 0 Å². The van der Waals surface area contributed by atoms with Gasteiger partial charge in [0.05, 0.1) is 13.0 Å². The van der Waals surface area contributed by atoms with Gasteiger partial charge in [0.15, 0.2) is 0 Å². The van der Waals surface area contributed by atoms with E-state index in [4.69, 9.17) is 4.74 Å². The number of nitrogens with zero attached hydrogens (tertiary/aromatic N) is 2. The number of carbonyl (C=O) groups excluding carboxylic acids is 1. The predicted molar refractivity (Wildman–Crippen MR) is 96.4 cm³/mol. The summed E-state index contributed by atoms with van der Waals surface area (Å²) >= 11 is 0. The molecule has 0 aliphatic carbocycles. The van der Waals surface area contributed by atoms with E-state index in [2.05, 4.69) is 4.98 Å². The number of benzene rings is 1. The van der Waals surface area contributed by atoms with Gasteiger partial charge in [-0.1, -0.05) is 25.1 Å². The Balaban J connectivity index is 1.89. The number of ether oxygens (including phenoxy) is 1. The van der Waals surface area contributed by atoms with E-state index in [-0.39, 0.29) is 18.4 Å². The fourth-order valence-electron chi connectivity index (χ4n) is 3.49. The van der Waals surface area contributed by atoms with Gasteiger partial charge in [-0.2, -0.15) is 0 Å². The molecule has 0 spiro atoms. The topological polar surface area (TPSA) is 79.7 Å². The van der Waals surface area contributed by atoms with Crippen LogP contribution in [0.15, 0.2) is 42.6 Å². The number of aliphatic carboxylic acids is 1. The molecule has 2 heterocycles. The molecule has 2 atom stereocenters. The van der Waals surface area contributed by atoms with Gasteiger partial charge in [0, 0.05) is 36.5 Å². The average molecular weight is 354 g/mol. The van der Waals surface area contributed by atoms with Crippen molar-refractivity contribution in [3.8, 4) is 5.75 Å². The number of amides is 1. The summed E-state index contributed by atoms with van der Waals surface area (Å²) < 4.78 is 5.39. The maximum Gasteiger partial charge on any atom is 0.308 e. The summed E-state index contributed by atoms with van der Waals surface area (Å²) in [5, 5.41) is 9.67. The molecular weight excluding hydrogens is 332 g/mol. The van der Waals surface area contributed by atoms with Crippen LogP contribution in [0.5, 0.6) is 5.75 Å². The Morgan fingerprint density at radius 2 is 2.04 bits per heavy atom. The van der Waals surface area contributed by atoms with Crippen LogP contribution in [0.4, 0.5) is 0 Å². The minimum Gasteiger partial charge on any atom is -0.496 e. The number of rotatable bonds is 5. The molecule has 1 aliphatic heterocycles. The van der Waals surface area contributed by atoms with E-state index in [0.29, 0.717) is 17.9 Å². The molecule has 6 heteroatoms. The monoisotopic (exact) mass is 354 g/mol. The highest BCUT2D eigenvalue weighted by Gasteiger charge is 2.41. The quantitative estimate of drug-likeness (QED) is 0.893. The highest BCUT2D eigenvalue weighted by atomic mass is 16.5. The van der Waals surface area contributed by atoms with Gasteiger partial charge < -0.3 is 14.7 Å². The molecule has 1 fully saturated rings. The lowest BCUT2D eigenvalue weighted by Gasteiger charge is -2.18. The summed E-state index contributed by atoms with van der Waals surface area (Å²) in [7, 11) is 1.57. The van der Waals surface area contributed by atoms with Crippen molar-refractivity contribution in [2.24, 2.45) is 5.92 Å². The van der Waals surface area contributed by atoms with Crippen LogP contribution in [0, 0.1) is 5.92 Å². The molecule has 26 heavy (non-hydrogen) atoms. The molecule has 1 N–H and O–H groups in total. The van der Waals surface area contributed by atoms with Crippen LogP contribution in [-0.2, 0) is 11.2 Å². The Kier molecular flexibility index (Phi) is 5.21. The lowest BCUT2D eigenvalue weighted by atomic mass is 9.88. The van der Waals surface area contributed by atoms with E-state index in [1.165, 1.54) is 0 Å². The molecular formula is C20H22N2O4. The largest absolute Gasteiger partial charge is 0.496 e. The number of aromatic nitrogens is 1. The molecule has 0 radical (unpaired) electrons. The van der Waals surface area contributed by atoms with E-state index in [1.54, 1.807) is 30.3 Å². The molecule has 1 aromatic carbocycles. The van der Waals surface area contributed by atoms with E-state index >= 15 is 0 Å². The Labute approximate surface area is 152 Å². The van der Waals surface area contributed by atoms with Gasteiger partial charge >= 0.3 is 5.97 Å². The molecule has 1 aliphatic rings. The van der Waals surface area contributed by atoms with Gasteiger partial charge in [-0.15, -0.1) is 0 Å². The highest BCUT2D eigenvalue weighted by molar-refractivity contribution is 5.95. The second-order valence-electron chi connectivity index (χ2n) is 6.39. The lowest BCUT2D eigenvalue weighted by molar-refractivity contribution is -0.141. The third kappa shape index (κ3) is 3.40. The van der Waals surface area contributed by atoms with Gasteiger partial charge in [0.25, 0.3) is 5.91 Å². The fraction of sp³-hybridized carbons (Fsp3) is 0.350. The number of hydrogen-bond donors (Lipinski definition) is 1. The summed E-state index contributed by atoms with van der Waals surface area (Å²) in [6, 6.07) is 10.8.